The summed E-state index contributed by atoms with van der Waals surface area (Å²) < 4.78 is 5.25. The van der Waals surface area contributed by atoms with E-state index in [1.54, 1.807) is 31.4 Å². The van der Waals surface area contributed by atoms with Crippen molar-refractivity contribution in [3.63, 3.8) is 0 Å². The van der Waals surface area contributed by atoms with E-state index in [0.29, 0.717) is 11.3 Å². The van der Waals surface area contributed by atoms with E-state index in [2.05, 4.69) is 5.16 Å². The predicted octanol–water partition coefficient (Wildman–Crippen LogP) is 3.07. The van der Waals surface area contributed by atoms with Crippen LogP contribution in [0.4, 0.5) is 5.69 Å². The van der Waals surface area contributed by atoms with Crippen LogP contribution in [0.25, 0.3) is 0 Å². The summed E-state index contributed by atoms with van der Waals surface area (Å²) in [6.07, 6.45) is 0.629. The summed E-state index contributed by atoms with van der Waals surface area (Å²) in [5.74, 6) is -0.319. The van der Waals surface area contributed by atoms with Crippen LogP contribution >= 0.6 is 0 Å². The summed E-state index contributed by atoms with van der Waals surface area (Å²) in [6, 6.07) is 14.4. The van der Waals surface area contributed by atoms with Crippen molar-refractivity contribution in [1.29, 1.82) is 0 Å². The number of ether oxygens (including phenoxy) is 1. The number of oxime groups is 1. The summed E-state index contributed by atoms with van der Waals surface area (Å²) in [7, 11) is 1.62. The highest BCUT2D eigenvalue weighted by molar-refractivity contribution is 6.23. The Balaban J connectivity index is 1.30. The number of amides is 2. The highest BCUT2D eigenvalue weighted by Crippen LogP contribution is 2.62. The third-order valence-corrected chi connectivity index (χ3v) is 7.61. The third-order valence-electron chi connectivity index (χ3n) is 7.61. The molecule has 0 N–H and O–H groups in total. The van der Waals surface area contributed by atoms with Crippen LogP contribution in [0, 0.1) is 29.6 Å². The molecule has 2 amide bonds. The number of hydrogen-bond acceptors (Lipinski definition) is 6. The average Bonchev–Trinajstić information content (AvgIpc) is 3.54. The van der Waals surface area contributed by atoms with E-state index in [9.17, 15) is 14.4 Å². The molecule has 6 rings (SSSR count). The maximum atomic E-state index is 13.5. The fourth-order valence-corrected chi connectivity index (χ4v) is 6.23. The van der Waals surface area contributed by atoms with E-state index in [1.807, 2.05) is 24.3 Å². The first-order valence-electron chi connectivity index (χ1n) is 10.9. The van der Waals surface area contributed by atoms with Crippen LogP contribution in [0.2, 0.25) is 0 Å². The number of imide groups is 1. The molecule has 4 aliphatic rings. The molecule has 1 saturated heterocycles. The highest BCUT2D eigenvalue weighted by Gasteiger charge is 2.70. The zero-order valence-electron chi connectivity index (χ0n) is 17.7. The molecule has 32 heavy (non-hydrogen) atoms. The monoisotopic (exact) mass is 430 g/mol. The van der Waals surface area contributed by atoms with Crippen molar-refractivity contribution >= 4 is 29.0 Å². The van der Waals surface area contributed by atoms with E-state index < -0.39 is 0 Å². The molecular formula is C25H22N2O5. The van der Waals surface area contributed by atoms with Gasteiger partial charge in [-0.05, 0) is 67.8 Å². The topological polar surface area (TPSA) is 85.3 Å². The standard InChI is InChI=1S/C25H22N2O5/c1-12(28)13-3-7-15(8-4-13)27-24(29)19-17-11-18(20(19)25(27)30)23-21(17)22(26-32-23)14-5-9-16(31-2)10-6-14/h3-10,17-21,23H,11H2,1-2H3. The molecule has 3 fully saturated rings. The molecule has 7 nitrogen and oxygen atoms in total. The Morgan fingerprint density at radius 1 is 0.969 bits per heavy atom. The molecule has 7 heteroatoms. The van der Waals surface area contributed by atoms with Gasteiger partial charge in [0, 0.05) is 23.0 Å². The zero-order chi connectivity index (χ0) is 22.1. The molecule has 2 aromatic carbocycles. The third kappa shape index (κ3) is 2.48. The number of methoxy groups -OCH3 is 1. The summed E-state index contributed by atoms with van der Waals surface area (Å²) in [4.78, 5) is 45.5. The number of benzene rings is 2. The van der Waals surface area contributed by atoms with Crippen LogP contribution in [0.5, 0.6) is 5.75 Å². The van der Waals surface area contributed by atoms with Gasteiger partial charge in [0.2, 0.25) is 11.8 Å². The molecule has 2 heterocycles. The molecule has 2 aliphatic carbocycles. The minimum absolute atomic E-state index is 0.00596. The van der Waals surface area contributed by atoms with Gasteiger partial charge in [-0.3, -0.25) is 19.3 Å². The Morgan fingerprint density at radius 2 is 1.62 bits per heavy atom. The number of carbonyl (C=O) groups excluding carboxylic acids is 3. The number of nitrogens with zero attached hydrogens (tertiary/aromatic N) is 2. The highest BCUT2D eigenvalue weighted by atomic mass is 16.6. The van der Waals surface area contributed by atoms with E-state index in [0.717, 1.165) is 23.4 Å². The van der Waals surface area contributed by atoms with Crippen molar-refractivity contribution in [3.05, 3.63) is 59.7 Å². The van der Waals surface area contributed by atoms with Crippen molar-refractivity contribution < 1.29 is 24.0 Å². The van der Waals surface area contributed by atoms with Crippen LogP contribution in [0.3, 0.4) is 0 Å². The van der Waals surface area contributed by atoms with Gasteiger partial charge in [-0.15, -0.1) is 0 Å². The van der Waals surface area contributed by atoms with E-state index >= 15 is 0 Å². The minimum Gasteiger partial charge on any atom is -0.497 e. The molecule has 6 unspecified atom stereocenters. The quantitative estimate of drug-likeness (QED) is 0.550. The molecule has 0 aromatic heterocycles. The molecule has 2 aliphatic heterocycles. The van der Waals surface area contributed by atoms with Crippen molar-refractivity contribution in [2.24, 2.45) is 34.7 Å². The number of ketones is 1. The van der Waals surface area contributed by atoms with Crippen LogP contribution in [-0.4, -0.2) is 36.5 Å². The van der Waals surface area contributed by atoms with Gasteiger partial charge in [0.1, 0.15) is 11.9 Å². The molecule has 0 spiro atoms. The second-order valence-electron chi connectivity index (χ2n) is 9.03. The fraction of sp³-hybridized carbons (Fsp3) is 0.360. The molecule has 2 bridgehead atoms. The predicted molar refractivity (Wildman–Crippen MR) is 115 cm³/mol. The van der Waals surface area contributed by atoms with Gasteiger partial charge in [0.25, 0.3) is 0 Å². The summed E-state index contributed by atoms with van der Waals surface area (Å²) >= 11 is 0. The smallest absolute Gasteiger partial charge is 0.238 e. The molecule has 6 atom stereocenters. The van der Waals surface area contributed by atoms with Gasteiger partial charge in [0.05, 0.1) is 30.3 Å². The number of fused-ring (bicyclic) bond motifs is 8. The molecule has 0 radical (unpaired) electrons. The number of carbonyl (C=O) groups is 3. The van der Waals surface area contributed by atoms with Crippen LogP contribution < -0.4 is 9.64 Å². The number of rotatable bonds is 4. The van der Waals surface area contributed by atoms with E-state index in [-0.39, 0.29) is 53.3 Å². The van der Waals surface area contributed by atoms with E-state index in [4.69, 9.17) is 9.57 Å². The van der Waals surface area contributed by atoms with Crippen molar-refractivity contribution in [2.75, 3.05) is 12.0 Å². The van der Waals surface area contributed by atoms with Crippen molar-refractivity contribution in [3.8, 4) is 5.75 Å². The van der Waals surface area contributed by atoms with Gasteiger partial charge in [-0.1, -0.05) is 5.16 Å². The second-order valence-corrected chi connectivity index (χ2v) is 9.03. The van der Waals surface area contributed by atoms with Crippen molar-refractivity contribution in [1.82, 2.24) is 0 Å². The number of Topliss-reactive ketones (excluding diaryl/α,β-unsaturated/α-hetero) is 1. The van der Waals surface area contributed by atoms with Gasteiger partial charge < -0.3 is 9.57 Å². The Morgan fingerprint density at radius 3 is 2.25 bits per heavy atom. The first-order valence-corrected chi connectivity index (χ1v) is 10.9. The minimum atomic E-state index is -0.369. The molecular weight excluding hydrogens is 408 g/mol. The normalized spacial score (nSPS) is 31.9. The Bertz CT molecular complexity index is 1170. The number of anilines is 1. The lowest BCUT2D eigenvalue weighted by Gasteiger charge is -2.29. The summed E-state index contributed by atoms with van der Waals surface area (Å²) in [6.45, 7) is 1.49. The van der Waals surface area contributed by atoms with Crippen molar-refractivity contribution in [2.45, 2.75) is 19.4 Å². The average molecular weight is 430 g/mol. The lowest BCUT2D eigenvalue weighted by molar-refractivity contribution is -0.125. The molecule has 162 valence electrons. The van der Waals surface area contributed by atoms with Crippen LogP contribution in [0.1, 0.15) is 29.3 Å². The van der Waals surface area contributed by atoms with Crippen LogP contribution in [-0.2, 0) is 14.4 Å². The van der Waals surface area contributed by atoms with Gasteiger partial charge >= 0.3 is 0 Å². The molecule has 2 aromatic rings. The van der Waals surface area contributed by atoms with Gasteiger partial charge in [-0.2, -0.15) is 0 Å². The summed E-state index contributed by atoms with van der Waals surface area (Å²) in [5, 5.41) is 4.38. The van der Waals surface area contributed by atoms with Crippen LogP contribution in [0.15, 0.2) is 53.7 Å². The zero-order valence-corrected chi connectivity index (χ0v) is 17.7. The lowest BCUT2D eigenvalue weighted by Crippen LogP contribution is -2.41. The maximum Gasteiger partial charge on any atom is 0.238 e. The van der Waals surface area contributed by atoms with E-state index in [1.165, 1.54) is 11.8 Å². The lowest BCUT2D eigenvalue weighted by atomic mass is 9.71. The second kappa shape index (κ2) is 6.76. The number of hydrogen-bond donors (Lipinski definition) is 0. The Hall–Kier alpha value is -3.48. The summed E-state index contributed by atoms with van der Waals surface area (Å²) in [5.41, 5.74) is 2.88. The largest absolute Gasteiger partial charge is 0.497 e. The Labute approximate surface area is 185 Å². The fourth-order valence-electron chi connectivity index (χ4n) is 6.23. The SMILES string of the molecule is COc1ccc(C2=NOC3C4CC(C23)C2C(=O)N(c3ccc(C(C)=O)cc3)C(=O)C42)cc1. The molecule has 2 saturated carbocycles. The first-order chi connectivity index (χ1) is 15.5. The van der Waals surface area contributed by atoms with Gasteiger partial charge in [-0.25, -0.2) is 0 Å². The Kier molecular flexibility index (Phi) is 4.06. The van der Waals surface area contributed by atoms with Gasteiger partial charge in [0.15, 0.2) is 5.78 Å². The first kappa shape index (κ1) is 19.2. The maximum absolute atomic E-state index is 13.5.